The van der Waals surface area contributed by atoms with Gasteiger partial charge in [0.25, 0.3) is 0 Å². The standard InChI is InChI=1S/C31H35ClFNO12/c1-13(7-8-42-19-6-4-16(33)11-17(19)32)27-25(39)26(40)31(46-27)45-20-5-3-15(10-18(20)35)9-14(2)30(41)34-21-22(36)24(38)29-28(23(21)37)43-12-44-29/h3-7,9-11,21-29,31,35-40H,8,12H2,1-2H3,(H,34,41)/b13-7+,14-9+/t21-,22+,23-,24-,25+,26+,27-,28+,29-,31-/m1/s1. The van der Waals surface area contributed by atoms with E-state index in [0.29, 0.717) is 11.1 Å². The molecule has 250 valence electrons. The Balaban J connectivity index is 1.18. The van der Waals surface area contributed by atoms with E-state index in [1.165, 1.54) is 43.3 Å². The number of halogens is 2. The number of hydrogen-bond acceptors (Lipinski definition) is 12. The summed E-state index contributed by atoms with van der Waals surface area (Å²) in [5.41, 5.74) is 1.06. The number of benzene rings is 2. The van der Waals surface area contributed by atoms with Crippen molar-refractivity contribution in [3.63, 3.8) is 0 Å². The Morgan fingerprint density at radius 3 is 2.37 bits per heavy atom. The quantitative estimate of drug-likeness (QED) is 0.147. The summed E-state index contributed by atoms with van der Waals surface area (Å²) in [7, 11) is 0. The lowest BCUT2D eigenvalue weighted by atomic mass is 9.83. The average Bonchev–Trinajstić information content (AvgIpc) is 3.62. The van der Waals surface area contributed by atoms with Crippen molar-refractivity contribution in [2.75, 3.05) is 13.4 Å². The van der Waals surface area contributed by atoms with Crippen LogP contribution in [0, 0.1) is 5.82 Å². The number of phenols is 1. The van der Waals surface area contributed by atoms with Crippen LogP contribution in [-0.4, -0.2) is 111 Å². The largest absolute Gasteiger partial charge is 0.504 e. The second-order valence-electron chi connectivity index (χ2n) is 11.3. The highest BCUT2D eigenvalue weighted by Crippen LogP contribution is 2.34. The normalized spacial score (nSPS) is 33.1. The second kappa shape index (κ2) is 14.2. The van der Waals surface area contributed by atoms with Gasteiger partial charge in [0.15, 0.2) is 11.5 Å². The van der Waals surface area contributed by atoms with E-state index >= 15 is 0 Å². The minimum Gasteiger partial charge on any atom is -0.504 e. The first-order chi connectivity index (χ1) is 21.8. The second-order valence-corrected chi connectivity index (χ2v) is 11.7. The molecule has 46 heavy (non-hydrogen) atoms. The minimum atomic E-state index is -1.51. The Bertz CT molecular complexity index is 1490. The molecule has 2 heterocycles. The van der Waals surface area contributed by atoms with Crippen molar-refractivity contribution >= 4 is 23.6 Å². The lowest BCUT2D eigenvalue weighted by Crippen LogP contribution is -2.67. The first kappa shape index (κ1) is 34.0. The SMILES string of the molecule is C/C(=C\c1ccc(O[C@@H]2O[C@H](/C(C)=C/COc3ccc(F)cc3Cl)[C@@H](O)[C@@H]2O)c(O)c1)C(=O)N[C@@H]1[C@H](O)[C@@H](O)[C@H]2OCO[C@H]2[C@@H]1O. The van der Waals surface area contributed by atoms with Crippen LogP contribution in [0.1, 0.15) is 19.4 Å². The Hall–Kier alpha value is -3.31. The first-order valence-corrected chi connectivity index (χ1v) is 14.8. The van der Waals surface area contributed by atoms with Crippen LogP contribution in [0.25, 0.3) is 6.08 Å². The fourth-order valence-electron chi connectivity index (χ4n) is 5.48. The summed E-state index contributed by atoms with van der Waals surface area (Å²) in [6.45, 7) is 2.99. The number of nitrogens with one attached hydrogen (secondary N) is 1. The highest BCUT2D eigenvalue weighted by Gasteiger charge is 2.53. The Morgan fingerprint density at radius 2 is 1.67 bits per heavy atom. The molecule has 7 N–H and O–H groups in total. The van der Waals surface area contributed by atoms with Gasteiger partial charge in [-0.1, -0.05) is 17.7 Å². The minimum absolute atomic E-state index is 0.0206. The van der Waals surface area contributed by atoms with E-state index in [9.17, 15) is 39.8 Å². The smallest absolute Gasteiger partial charge is 0.247 e. The number of aromatic hydroxyl groups is 1. The number of aliphatic hydroxyl groups excluding tert-OH is 5. The molecule has 2 aromatic rings. The van der Waals surface area contributed by atoms with Crippen LogP contribution in [0.2, 0.25) is 5.02 Å². The van der Waals surface area contributed by atoms with Gasteiger partial charge in [-0.2, -0.15) is 0 Å². The number of carbonyl (C=O) groups excluding carboxylic acids is 1. The van der Waals surface area contributed by atoms with Gasteiger partial charge in [0, 0.05) is 5.57 Å². The monoisotopic (exact) mass is 667 g/mol. The zero-order valence-corrected chi connectivity index (χ0v) is 25.5. The van der Waals surface area contributed by atoms with Crippen LogP contribution in [0.5, 0.6) is 17.2 Å². The number of rotatable bonds is 9. The van der Waals surface area contributed by atoms with Gasteiger partial charge in [-0.05, 0) is 67.5 Å². The first-order valence-electron chi connectivity index (χ1n) is 14.4. The number of carbonyl (C=O) groups is 1. The lowest BCUT2D eigenvalue weighted by Gasteiger charge is -2.41. The van der Waals surface area contributed by atoms with Gasteiger partial charge < -0.3 is 59.6 Å². The van der Waals surface area contributed by atoms with Crippen molar-refractivity contribution in [3.8, 4) is 17.2 Å². The number of hydrogen-bond donors (Lipinski definition) is 7. The fraction of sp³-hybridized carbons (Fsp3) is 0.452. The van der Waals surface area contributed by atoms with Crippen LogP contribution >= 0.6 is 11.6 Å². The molecule has 1 aliphatic carbocycles. The summed E-state index contributed by atoms with van der Waals surface area (Å²) < 4.78 is 40.6. The van der Waals surface area contributed by atoms with Crippen LogP contribution in [0.15, 0.2) is 53.6 Å². The third-order valence-corrected chi connectivity index (χ3v) is 8.37. The summed E-state index contributed by atoms with van der Waals surface area (Å²) in [5.74, 6) is -1.30. The number of amides is 1. The highest BCUT2D eigenvalue weighted by atomic mass is 35.5. The molecule has 0 bridgehead atoms. The molecule has 0 aromatic heterocycles. The third kappa shape index (κ3) is 7.15. The summed E-state index contributed by atoms with van der Waals surface area (Å²) in [5, 5.41) is 65.7. The summed E-state index contributed by atoms with van der Waals surface area (Å²) in [6.07, 6.45) is -8.14. The molecule has 13 nitrogen and oxygen atoms in total. The Labute approximate surface area is 268 Å². The van der Waals surface area contributed by atoms with Crippen molar-refractivity contribution in [1.29, 1.82) is 0 Å². The Kier molecular flexibility index (Phi) is 10.5. The molecule has 3 aliphatic rings. The molecule has 2 aromatic carbocycles. The molecule has 2 aliphatic heterocycles. The van der Waals surface area contributed by atoms with Gasteiger partial charge in [-0.15, -0.1) is 0 Å². The predicted molar refractivity (Wildman–Crippen MR) is 158 cm³/mol. The molecule has 15 heteroatoms. The maximum absolute atomic E-state index is 13.2. The molecule has 1 amide bonds. The van der Waals surface area contributed by atoms with E-state index < -0.39 is 72.9 Å². The van der Waals surface area contributed by atoms with E-state index in [1.807, 2.05) is 0 Å². The molecule has 10 atom stereocenters. The molecule has 3 fully saturated rings. The highest BCUT2D eigenvalue weighted by molar-refractivity contribution is 6.32. The molecule has 1 saturated carbocycles. The number of fused-ring (bicyclic) bond motifs is 1. The van der Waals surface area contributed by atoms with Gasteiger partial charge in [0.05, 0.1) is 11.1 Å². The molecule has 0 spiro atoms. The predicted octanol–water partition coefficient (Wildman–Crippen LogP) is 0.761. The van der Waals surface area contributed by atoms with Gasteiger partial charge in [-0.3, -0.25) is 4.79 Å². The lowest BCUT2D eigenvalue weighted by molar-refractivity contribution is -0.155. The van der Waals surface area contributed by atoms with E-state index in [1.54, 1.807) is 13.0 Å². The third-order valence-electron chi connectivity index (χ3n) is 8.08. The van der Waals surface area contributed by atoms with Crippen molar-refractivity contribution in [1.82, 2.24) is 5.32 Å². The number of phenolic OH excluding ortho intramolecular Hbond substituents is 1. The van der Waals surface area contributed by atoms with Gasteiger partial charge in [-0.25, -0.2) is 4.39 Å². The number of ether oxygens (including phenoxy) is 5. The maximum Gasteiger partial charge on any atom is 0.247 e. The van der Waals surface area contributed by atoms with Crippen LogP contribution in [0.3, 0.4) is 0 Å². The molecule has 0 radical (unpaired) electrons. The molecular formula is C31H35ClFNO12. The number of aliphatic hydroxyl groups is 5. The van der Waals surface area contributed by atoms with E-state index in [4.69, 9.17) is 35.3 Å². The van der Waals surface area contributed by atoms with Crippen LogP contribution in [0.4, 0.5) is 4.39 Å². The topological polar surface area (TPSA) is 197 Å². The summed E-state index contributed by atoms with van der Waals surface area (Å²) in [4.78, 5) is 12.9. The summed E-state index contributed by atoms with van der Waals surface area (Å²) >= 11 is 5.96. The fourth-order valence-corrected chi connectivity index (χ4v) is 5.70. The van der Waals surface area contributed by atoms with E-state index in [2.05, 4.69) is 5.32 Å². The van der Waals surface area contributed by atoms with Gasteiger partial charge in [0.1, 0.15) is 73.8 Å². The van der Waals surface area contributed by atoms with Crippen molar-refractivity contribution in [2.24, 2.45) is 0 Å². The molecule has 2 saturated heterocycles. The molecule has 0 unspecified atom stereocenters. The van der Waals surface area contributed by atoms with Gasteiger partial charge >= 0.3 is 0 Å². The van der Waals surface area contributed by atoms with Gasteiger partial charge in [0.2, 0.25) is 12.2 Å². The zero-order valence-electron chi connectivity index (χ0n) is 24.7. The molecule has 5 rings (SSSR count). The zero-order chi connectivity index (χ0) is 33.3. The van der Waals surface area contributed by atoms with Crippen molar-refractivity contribution in [2.45, 2.75) is 75.0 Å². The average molecular weight is 668 g/mol. The van der Waals surface area contributed by atoms with Crippen LogP contribution in [-0.2, 0) is 19.0 Å². The summed E-state index contributed by atoms with van der Waals surface area (Å²) in [6, 6.07) is 6.68. The van der Waals surface area contributed by atoms with Crippen molar-refractivity contribution < 1.29 is 63.5 Å². The van der Waals surface area contributed by atoms with E-state index in [0.717, 1.165) is 6.07 Å². The Morgan fingerprint density at radius 1 is 0.978 bits per heavy atom. The van der Waals surface area contributed by atoms with Crippen LogP contribution < -0.4 is 14.8 Å². The molecular weight excluding hydrogens is 633 g/mol. The maximum atomic E-state index is 13.2. The van der Waals surface area contributed by atoms with E-state index in [-0.39, 0.29) is 41.2 Å². The van der Waals surface area contributed by atoms with Crippen molar-refractivity contribution in [3.05, 3.63) is 70.0 Å².